The number of thiazole rings is 1. The first kappa shape index (κ1) is 22.5. The van der Waals surface area contributed by atoms with Gasteiger partial charge in [-0.15, -0.1) is 11.3 Å². The van der Waals surface area contributed by atoms with Gasteiger partial charge in [0.15, 0.2) is 4.96 Å². The summed E-state index contributed by atoms with van der Waals surface area (Å²) in [5, 5.41) is 6.67. The molecule has 9 heteroatoms. The van der Waals surface area contributed by atoms with E-state index < -0.39 is 0 Å². The lowest BCUT2D eigenvalue weighted by Gasteiger charge is -2.26. The van der Waals surface area contributed by atoms with Gasteiger partial charge in [-0.25, -0.2) is 9.67 Å². The molecule has 0 radical (unpaired) electrons. The maximum absolute atomic E-state index is 13.7. The van der Waals surface area contributed by atoms with Crippen molar-refractivity contribution in [2.75, 3.05) is 26.3 Å². The summed E-state index contributed by atoms with van der Waals surface area (Å²) in [5.74, 6) is -0.00619. The van der Waals surface area contributed by atoms with Gasteiger partial charge in [0.05, 0.1) is 36.6 Å². The molecular weight excluding hydrogens is 450 g/mol. The molecule has 1 aliphatic rings. The molecule has 0 N–H and O–H groups in total. The number of carbonyl (C=O) groups excluding carboxylic acids is 1. The number of nitrogens with zero attached hydrogens (tertiary/aromatic N) is 5. The van der Waals surface area contributed by atoms with Crippen molar-refractivity contribution in [3.8, 4) is 16.9 Å². The van der Waals surface area contributed by atoms with E-state index in [1.807, 2.05) is 48.2 Å². The minimum Gasteiger partial charge on any atom is -0.378 e. The van der Waals surface area contributed by atoms with Crippen LogP contribution in [0.15, 0.2) is 40.5 Å². The molecular formula is C25H27N5O3S. The fourth-order valence-electron chi connectivity index (χ4n) is 4.46. The molecule has 0 saturated carbocycles. The van der Waals surface area contributed by atoms with Gasteiger partial charge in [0.2, 0.25) is 5.91 Å². The topological polar surface area (TPSA) is 81.7 Å². The van der Waals surface area contributed by atoms with E-state index in [-0.39, 0.29) is 17.9 Å². The molecule has 1 fully saturated rings. The summed E-state index contributed by atoms with van der Waals surface area (Å²) in [7, 11) is 0. The maximum Gasteiger partial charge on any atom is 0.268 e. The van der Waals surface area contributed by atoms with Gasteiger partial charge in [-0.05, 0) is 38.0 Å². The molecule has 1 amide bonds. The number of morpholine rings is 1. The van der Waals surface area contributed by atoms with Crippen molar-refractivity contribution in [2.24, 2.45) is 0 Å². The summed E-state index contributed by atoms with van der Waals surface area (Å²) in [6, 6.07) is 10.1. The molecule has 5 rings (SSSR count). The Morgan fingerprint density at radius 2 is 1.94 bits per heavy atom. The average molecular weight is 478 g/mol. The Kier molecular flexibility index (Phi) is 6.05. The number of para-hydroxylation sites is 1. The molecule has 0 bridgehead atoms. The van der Waals surface area contributed by atoms with Crippen LogP contribution < -0.4 is 5.56 Å². The lowest BCUT2D eigenvalue weighted by atomic mass is 10.1. The molecule has 1 saturated heterocycles. The quantitative estimate of drug-likeness (QED) is 0.441. The van der Waals surface area contributed by atoms with Crippen LogP contribution >= 0.6 is 11.3 Å². The van der Waals surface area contributed by atoms with Crippen LogP contribution in [-0.4, -0.2) is 56.3 Å². The van der Waals surface area contributed by atoms with Crippen LogP contribution in [0.5, 0.6) is 0 Å². The van der Waals surface area contributed by atoms with Crippen LogP contribution in [0, 0.1) is 13.8 Å². The molecule has 0 spiro atoms. The fourth-order valence-corrected chi connectivity index (χ4v) is 5.39. The van der Waals surface area contributed by atoms with Crippen LogP contribution in [0.3, 0.4) is 0 Å². The Balaban J connectivity index is 1.57. The number of fused-ring (bicyclic) bond motifs is 1. The summed E-state index contributed by atoms with van der Waals surface area (Å²) in [4.78, 5) is 33.6. The first-order chi connectivity index (χ1) is 16.5. The highest BCUT2D eigenvalue weighted by molar-refractivity contribution is 7.15. The summed E-state index contributed by atoms with van der Waals surface area (Å²) < 4.78 is 8.80. The van der Waals surface area contributed by atoms with Crippen molar-refractivity contribution in [1.29, 1.82) is 0 Å². The van der Waals surface area contributed by atoms with Crippen LogP contribution in [-0.2, 0) is 22.4 Å². The third-order valence-electron chi connectivity index (χ3n) is 6.26. The Hall–Kier alpha value is -3.30. The van der Waals surface area contributed by atoms with Gasteiger partial charge in [0.1, 0.15) is 5.69 Å². The molecule has 1 aliphatic heterocycles. The van der Waals surface area contributed by atoms with Gasteiger partial charge in [-0.2, -0.15) is 5.10 Å². The van der Waals surface area contributed by atoms with E-state index in [0.29, 0.717) is 53.9 Å². The summed E-state index contributed by atoms with van der Waals surface area (Å²) in [6.45, 7) is 8.18. The second-order valence-corrected chi connectivity index (χ2v) is 9.29. The van der Waals surface area contributed by atoms with E-state index in [1.54, 1.807) is 9.30 Å². The molecule has 4 heterocycles. The molecule has 1 aromatic carbocycles. The van der Waals surface area contributed by atoms with Crippen molar-refractivity contribution >= 4 is 22.2 Å². The van der Waals surface area contributed by atoms with Crippen molar-refractivity contribution in [3.05, 3.63) is 68.7 Å². The largest absolute Gasteiger partial charge is 0.378 e. The Labute approximate surface area is 201 Å². The lowest BCUT2D eigenvalue weighted by Crippen LogP contribution is -2.41. The molecule has 176 valence electrons. The Morgan fingerprint density at radius 3 is 2.71 bits per heavy atom. The SMILES string of the molecule is CCc1ccccc1-n1nc(-c2c(C)nc3scc(CC(=O)N4CCOCC4)n3c2=O)cc1C. The van der Waals surface area contributed by atoms with E-state index in [4.69, 9.17) is 9.84 Å². The number of aromatic nitrogens is 4. The van der Waals surface area contributed by atoms with E-state index in [1.165, 1.54) is 16.9 Å². The predicted octanol–water partition coefficient (Wildman–Crippen LogP) is 3.19. The zero-order chi connectivity index (χ0) is 23.8. The number of carbonyl (C=O) groups is 1. The van der Waals surface area contributed by atoms with Crippen LogP contribution in [0.4, 0.5) is 0 Å². The summed E-state index contributed by atoms with van der Waals surface area (Å²) in [5.41, 5.74) is 5.27. The number of hydrogen-bond donors (Lipinski definition) is 0. The average Bonchev–Trinajstić information content (AvgIpc) is 3.42. The van der Waals surface area contributed by atoms with Crippen LogP contribution in [0.1, 0.15) is 29.6 Å². The normalized spacial score (nSPS) is 14.1. The monoisotopic (exact) mass is 477 g/mol. The maximum atomic E-state index is 13.7. The van der Waals surface area contributed by atoms with Gasteiger partial charge in [-0.3, -0.25) is 14.0 Å². The molecule has 0 atom stereocenters. The van der Waals surface area contributed by atoms with Crippen molar-refractivity contribution < 1.29 is 9.53 Å². The van der Waals surface area contributed by atoms with Gasteiger partial charge in [0.25, 0.3) is 5.56 Å². The number of amides is 1. The zero-order valence-corrected chi connectivity index (χ0v) is 20.4. The highest BCUT2D eigenvalue weighted by Crippen LogP contribution is 2.25. The smallest absolute Gasteiger partial charge is 0.268 e. The first-order valence-corrected chi connectivity index (χ1v) is 12.4. The lowest BCUT2D eigenvalue weighted by molar-refractivity contribution is -0.134. The first-order valence-electron chi connectivity index (χ1n) is 11.5. The molecule has 34 heavy (non-hydrogen) atoms. The van der Waals surface area contributed by atoms with Gasteiger partial charge in [0, 0.05) is 29.9 Å². The minimum absolute atomic E-state index is 0.00619. The van der Waals surface area contributed by atoms with E-state index in [9.17, 15) is 9.59 Å². The molecule has 8 nitrogen and oxygen atoms in total. The number of benzene rings is 1. The van der Waals surface area contributed by atoms with E-state index in [0.717, 1.165) is 17.8 Å². The third kappa shape index (κ3) is 3.95. The third-order valence-corrected chi connectivity index (χ3v) is 7.14. The van der Waals surface area contributed by atoms with Crippen molar-refractivity contribution in [1.82, 2.24) is 24.1 Å². The molecule has 4 aromatic rings. The van der Waals surface area contributed by atoms with Crippen molar-refractivity contribution in [2.45, 2.75) is 33.6 Å². The number of aryl methyl sites for hydroxylation is 3. The number of hydrogen-bond acceptors (Lipinski definition) is 6. The zero-order valence-electron chi connectivity index (χ0n) is 19.6. The molecule has 3 aromatic heterocycles. The second kappa shape index (κ2) is 9.15. The second-order valence-electron chi connectivity index (χ2n) is 8.46. The molecule has 0 unspecified atom stereocenters. The summed E-state index contributed by atoms with van der Waals surface area (Å²) >= 11 is 1.38. The van der Waals surface area contributed by atoms with Gasteiger partial charge in [-0.1, -0.05) is 25.1 Å². The predicted molar refractivity (Wildman–Crippen MR) is 132 cm³/mol. The highest BCUT2D eigenvalue weighted by Gasteiger charge is 2.22. The number of ether oxygens (including phenoxy) is 1. The van der Waals surface area contributed by atoms with Gasteiger partial charge >= 0.3 is 0 Å². The minimum atomic E-state index is -0.193. The summed E-state index contributed by atoms with van der Waals surface area (Å²) in [6.07, 6.45) is 1.04. The van der Waals surface area contributed by atoms with E-state index >= 15 is 0 Å². The van der Waals surface area contributed by atoms with Crippen LogP contribution in [0.2, 0.25) is 0 Å². The molecule has 0 aliphatic carbocycles. The highest BCUT2D eigenvalue weighted by atomic mass is 32.1. The fraction of sp³-hybridized carbons (Fsp3) is 0.360. The van der Waals surface area contributed by atoms with E-state index in [2.05, 4.69) is 18.0 Å². The van der Waals surface area contributed by atoms with Crippen molar-refractivity contribution in [3.63, 3.8) is 0 Å². The Bertz CT molecular complexity index is 1430. The van der Waals surface area contributed by atoms with Gasteiger partial charge < -0.3 is 9.64 Å². The standard InChI is InChI=1S/C25H27N5O3S/c1-4-18-7-5-6-8-21(18)30-16(2)13-20(27-30)23-17(3)26-25-29(24(23)32)19(15-34-25)14-22(31)28-9-11-33-12-10-28/h5-8,13,15H,4,9-12,14H2,1-3H3. The number of rotatable bonds is 5. The Morgan fingerprint density at radius 1 is 1.18 bits per heavy atom. The van der Waals surface area contributed by atoms with Crippen LogP contribution in [0.25, 0.3) is 21.9 Å².